The molecular formula is C11H16N4O3S2. The molecule has 9 heteroatoms. The number of carbonyl (C=O) groups excluding carboxylic acids is 1. The third-order valence-electron chi connectivity index (χ3n) is 2.42. The molecule has 3 N–H and O–H groups in total. The van der Waals surface area contributed by atoms with E-state index in [1.54, 1.807) is 14.1 Å². The van der Waals surface area contributed by atoms with E-state index < -0.39 is 9.84 Å². The minimum absolute atomic E-state index is 0.0629. The van der Waals surface area contributed by atoms with E-state index in [4.69, 9.17) is 11.0 Å². The lowest BCUT2D eigenvalue weighted by atomic mass is 10.2. The first-order valence-corrected chi connectivity index (χ1v) is 8.50. The van der Waals surface area contributed by atoms with Crippen molar-refractivity contribution in [2.24, 2.45) is 0 Å². The number of nitriles is 1. The molecule has 0 unspecified atom stereocenters. The van der Waals surface area contributed by atoms with Crippen LogP contribution >= 0.6 is 11.3 Å². The Balaban J connectivity index is 3.01. The Hall–Kier alpha value is -1.79. The molecule has 0 aliphatic heterocycles. The molecule has 20 heavy (non-hydrogen) atoms. The van der Waals surface area contributed by atoms with Gasteiger partial charge in [0.05, 0.1) is 11.4 Å². The predicted octanol–water partition coefficient (Wildman–Crippen LogP) is 0.360. The number of nitrogens with two attached hydrogens (primary N) is 1. The second kappa shape index (κ2) is 6.11. The Kier molecular flexibility index (Phi) is 4.97. The number of hydrogen-bond donors (Lipinski definition) is 2. The standard InChI is InChI=1S/C11H16N4O3S2/c1-15(2)11(16)9-8(13)7(6-12)10(19-9)14-4-5-20(3,17)18/h14H,4-5,13H2,1-3H3. The van der Waals surface area contributed by atoms with Crippen molar-refractivity contribution >= 4 is 37.8 Å². The topological polar surface area (TPSA) is 116 Å². The highest BCUT2D eigenvalue weighted by atomic mass is 32.2. The summed E-state index contributed by atoms with van der Waals surface area (Å²) in [6.07, 6.45) is 1.13. The summed E-state index contributed by atoms with van der Waals surface area (Å²) in [6.45, 7) is 0.156. The molecule has 0 fully saturated rings. The van der Waals surface area contributed by atoms with Gasteiger partial charge < -0.3 is 16.0 Å². The third kappa shape index (κ3) is 3.85. The number of rotatable bonds is 5. The molecule has 0 atom stereocenters. The Morgan fingerprint density at radius 2 is 2.10 bits per heavy atom. The first kappa shape index (κ1) is 16.3. The average Bonchev–Trinajstić information content (AvgIpc) is 2.63. The van der Waals surface area contributed by atoms with Crippen molar-refractivity contribution < 1.29 is 13.2 Å². The number of carbonyl (C=O) groups is 1. The molecule has 0 saturated carbocycles. The van der Waals surface area contributed by atoms with Crippen molar-refractivity contribution in [3.05, 3.63) is 10.4 Å². The Morgan fingerprint density at radius 1 is 1.50 bits per heavy atom. The molecule has 1 heterocycles. The number of nitrogens with one attached hydrogen (secondary N) is 1. The van der Waals surface area contributed by atoms with Crippen molar-refractivity contribution in [1.82, 2.24) is 4.90 Å². The molecule has 7 nitrogen and oxygen atoms in total. The highest BCUT2D eigenvalue weighted by molar-refractivity contribution is 7.90. The highest BCUT2D eigenvalue weighted by Gasteiger charge is 2.22. The van der Waals surface area contributed by atoms with Crippen LogP contribution in [0.15, 0.2) is 0 Å². The van der Waals surface area contributed by atoms with Crippen LogP contribution in [0.4, 0.5) is 10.7 Å². The van der Waals surface area contributed by atoms with E-state index in [0.29, 0.717) is 5.00 Å². The van der Waals surface area contributed by atoms with Crippen LogP contribution in [0.3, 0.4) is 0 Å². The smallest absolute Gasteiger partial charge is 0.265 e. The third-order valence-corrected chi connectivity index (χ3v) is 4.51. The van der Waals surface area contributed by atoms with Gasteiger partial charge >= 0.3 is 0 Å². The van der Waals surface area contributed by atoms with Crippen molar-refractivity contribution in [3.8, 4) is 6.07 Å². The van der Waals surface area contributed by atoms with Gasteiger partial charge in [0.25, 0.3) is 5.91 Å². The Bertz CT molecular complexity index is 656. The minimum Gasteiger partial charge on any atom is -0.396 e. The van der Waals surface area contributed by atoms with E-state index in [-0.39, 0.29) is 34.3 Å². The van der Waals surface area contributed by atoms with E-state index in [2.05, 4.69) is 5.32 Å². The fourth-order valence-electron chi connectivity index (χ4n) is 1.39. The zero-order valence-electron chi connectivity index (χ0n) is 11.4. The van der Waals surface area contributed by atoms with E-state index in [0.717, 1.165) is 17.6 Å². The minimum atomic E-state index is -3.09. The fraction of sp³-hybridized carbons (Fsp3) is 0.455. The number of nitrogens with zero attached hydrogens (tertiary/aromatic N) is 2. The summed E-state index contributed by atoms with van der Waals surface area (Å²) in [7, 11) is 0.0811. The summed E-state index contributed by atoms with van der Waals surface area (Å²) in [5, 5.41) is 12.3. The normalized spacial score (nSPS) is 10.9. The molecular weight excluding hydrogens is 300 g/mol. The lowest BCUT2D eigenvalue weighted by Crippen LogP contribution is -2.21. The first-order chi connectivity index (χ1) is 9.17. The molecule has 0 radical (unpaired) electrons. The number of thiophene rings is 1. The van der Waals surface area contributed by atoms with Crippen molar-refractivity contribution in [1.29, 1.82) is 5.26 Å². The van der Waals surface area contributed by atoms with Crippen molar-refractivity contribution in [2.45, 2.75) is 0 Å². The maximum Gasteiger partial charge on any atom is 0.265 e. The van der Waals surface area contributed by atoms with Gasteiger partial charge in [-0.15, -0.1) is 11.3 Å². The lowest BCUT2D eigenvalue weighted by molar-refractivity contribution is 0.0833. The lowest BCUT2D eigenvalue weighted by Gasteiger charge is -2.08. The summed E-state index contributed by atoms with van der Waals surface area (Å²) < 4.78 is 22.1. The Morgan fingerprint density at radius 3 is 2.55 bits per heavy atom. The van der Waals surface area contributed by atoms with Crippen LogP contribution in [0.25, 0.3) is 0 Å². The van der Waals surface area contributed by atoms with Gasteiger partial charge in [-0.05, 0) is 0 Å². The van der Waals surface area contributed by atoms with Gasteiger partial charge in [-0.25, -0.2) is 8.42 Å². The number of hydrogen-bond acceptors (Lipinski definition) is 7. The maximum absolute atomic E-state index is 11.9. The fourth-order valence-corrected chi connectivity index (χ4v) is 2.98. The second-order valence-corrected chi connectivity index (χ2v) is 7.70. The summed E-state index contributed by atoms with van der Waals surface area (Å²) in [5.41, 5.74) is 6.09. The molecule has 1 amide bonds. The largest absolute Gasteiger partial charge is 0.396 e. The number of anilines is 2. The second-order valence-electron chi connectivity index (χ2n) is 4.42. The van der Waals surface area contributed by atoms with Gasteiger partial charge in [-0.1, -0.05) is 0 Å². The molecule has 1 aromatic heterocycles. The highest BCUT2D eigenvalue weighted by Crippen LogP contribution is 2.35. The van der Waals surface area contributed by atoms with Gasteiger partial charge in [0.15, 0.2) is 0 Å². The number of amides is 1. The van der Waals surface area contributed by atoms with Gasteiger partial charge in [-0.2, -0.15) is 5.26 Å². The maximum atomic E-state index is 11.9. The van der Waals surface area contributed by atoms with E-state index in [9.17, 15) is 13.2 Å². The van der Waals surface area contributed by atoms with Gasteiger partial charge in [-0.3, -0.25) is 4.79 Å². The van der Waals surface area contributed by atoms with Crippen LogP contribution in [0.1, 0.15) is 15.2 Å². The Labute approximate surface area is 121 Å². The average molecular weight is 316 g/mol. The van der Waals surface area contributed by atoms with E-state index in [1.165, 1.54) is 4.90 Å². The summed E-state index contributed by atoms with van der Waals surface area (Å²) >= 11 is 1.05. The first-order valence-electron chi connectivity index (χ1n) is 5.63. The molecule has 1 rings (SSSR count). The molecule has 1 aromatic rings. The summed E-state index contributed by atoms with van der Waals surface area (Å²) in [5.74, 6) is -0.354. The molecule has 0 saturated heterocycles. The molecule has 110 valence electrons. The van der Waals surface area contributed by atoms with E-state index in [1.807, 2.05) is 6.07 Å². The van der Waals surface area contributed by atoms with Crippen molar-refractivity contribution in [2.75, 3.05) is 43.7 Å². The number of nitrogen functional groups attached to an aromatic ring is 1. The molecule has 0 aliphatic rings. The monoisotopic (exact) mass is 316 g/mol. The molecule has 0 aliphatic carbocycles. The van der Waals surface area contributed by atoms with Crippen LogP contribution in [-0.2, 0) is 9.84 Å². The van der Waals surface area contributed by atoms with Crippen LogP contribution in [0.5, 0.6) is 0 Å². The van der Waals surface area contributed by atoms with Gasteiger partial charge in [0, 0.05) is 26.9 Å². The van der Waals surface area contributed by atoms with Crippen LogP contribution in [-0.4, -0.2) is 51.9 Å². The zero-order chi connectivity index (χ0) is 15.5. The SMILES string of the molecule is CN(C)C(=O)c1sc(NCCS(C)(=O)=O)c(C#N)c1N. The van der Waals surface area contributed by atoms with Crippen LogP contribution in [0, 0.1) is 11.3 Å². The summed E-state index contributed by atoms with van der Waals surface area (Å²) in [4.78, 5) is 13.5. The predicted molar refractivity (Wildman–Crippen MR) is 79.7 cm³/mol. The zero-order valence-corrected chi connectivity index (χ0v) is 13.1. The van der Waals surface area contributed by atoms with Gasteiger partial charge in [0.2, 0.25) is 0 Å². The van der Waals surface area contributed by atoms with Crippen LogP contribution in [0.2, 0.25) is 0 Å². The van der Waals surface area contributed by atoms with Crippen LogP contribution < -0.4 is 11.1 Å². The van der Waals surface area contributed by atoms with Gasteiger partial charge in [0.1, 0.15) is 31.3 Å². The van der Waals surface area contributed by atoms with E-state index >= 15 is 0 Å². The number of sulfone groups is 1. The molecule has 0 bridgehead atoms. The summed E-state index contributed by atoms with van der Waals surface area (Å²) in [6, 6.07) is 1.93. The molecule has 0 aromatic carbocycles. The quantitative estimate of drug-likeness (QED) is 0.810. The molecule has 0 spiro atoms. The van der Waals surface area contributed by atoms with Crippen molar-refractivity contribution in [3.63, 3.8) is 0 Å².